The molecule has 0 radical (unpaired) electrons. The first-order valence-electron chi connectivity index (χ1n) is 8.93. The maximum atomic E-state index is 9.11. The van der Waals surface area contributed by atoms with Gasteiger partial charge in [-0.25, -0.2) is 4.98 Å². The quantitative estimate of drug-likeness (QED) is 0.222. The number of nitrogens with two attached hydrogens (primary N) is 1. The summed E-state index contributed by atoms with van der Waals surface area (Å²) in [6.45, 7) is 0.742. The highest BCUT2D eigenvalue weighted by Gasteiger charge is 2.15. The third-order valence-corrected chi connectivity index (χ3v) is 4.69. The number of nitrogens with zero attached hydrogens (tertiary/aromatic N) is 3. The number of rotatable bonds is 4. The Hall–Kier alpha value is -3.77. The number of hydrogen-bond acceptors (Lipinski definition) is 4. The first-order valence-corrected chi connectivity index (χ1v) is 8.93. The fraction of sp³-hybridized carbons (Fsp3) is 0.0455. The highest BCUT2D eigenvalue weighted by atomic mass is 16.4. The second kappa shape index (κ2) is 7.46. The van der Waals surface area contributed by atoms with Crippen LogP contribution in [-0.4, -0.2) is 21.0 Å². The molecule has 2 heterocycles. The minimum absolute atomic E-state index is 0.0426. The molecule has 138 valence electrons. The van der Waals surface area contributed by atoms with Gasteiger partial charge in [0.25, 0.3) is 0 Å². The van der Waals surface area contributed by atoms with Crippen molar-refractivity contribution in [2.24, 2.45) is 10.9 Å². The molecule has 6 heteroatoms. The summed E-state index contributed by atoms with van der Waals surface area (Å²) >= 11 is 0. The molecule has 0 unspecified atom stereocenters. The van der Waals surface area contributed by atoms with Crippen LogP contribution < -0.4 is 11.5 Å². The van der Waals surface area contributed by atoms with Crippen LogP contribution in [0.15, 0.2) is 78.1 Å². The molecule has 0 bridgehead atoms. The van der Waals surface area contributed by atoms with Crippen LogP contribution in [0.2, 0.25) is 0 Å². The molecule has 28 heavy (non-hydrogen) atoms. The Bertz CT molecular complexity index is 1150. The molecule has 0 amide bonds. The number of hydrogen-bond donors (Lipinski definition) is 3. The van der Waals surface area contributed by atoms with E-state index >= 15 is 0 Å². The van der Waals surface area contributed by atoms with Crippen LogP contribution in [0.1, 0.15) is 11.3 Å². The predicted octanol–water partition coefficient (Wildman–Crippen LogP) is 2.80. The average Bonchev–Trinajstić information content (AvgIpc) is 2.78. The van der Waals surface area contributed by atoms with E-state index in [-0.39, 0.29) is 5.84 Å². The van der Waals surface area contributed by atoms with E-state index in [1.54, 1.807) is 6.20 Å². The topological polar surface area (TPSA) is 112 Å². The van der Waals surface area contributed by atoms with Crippen molar-refractivity contribution in [1.29, 1.82) is 0 Å². The van der Waals surface area contributed by atoms with Gasteiger partial charge in [-0.2, -0.15) is 0 Å². The van der Waals surface area contributed by atoms with Gasteiger partial charge in [0.1, 0.15) is 5.69 Å². The summed E-state index contributed by atoms with van der Waals surface area (Å²) in [4.78, 5) is 9.18. The van der Waals surface area contributed by atoms with Crippen molar-refractivity contribution < 1.29 is 10.9 Å². The van der Waals surface area contributed by atoms with E-state index in [2.05, 4.69) is 40.1 Å². The molecular formula is C22H20N5O+. The van der Waals surface area contributed by atoms with Gasteiger partial charge < -0.3 is 16.7 Å². The molecule has 4 aromatic rings. The SMILES string of the molecule is N/C(=N/O)c1nccc2nc(-c3ccc(C[NH3+])cc3)c(-c3ccccc3)cc12. The second-order valence-electron chi connectivity index (χ2n) is 6.41. The molecule has 0 aliphatic heterocycles. The van der Waals surface area contributed by atoms with Crippen LogP contribution in [0.5, 0.6) is 0 Å². The molecule has 0 fully saturated rings. The van der Waals surface area contributed by atoms with Crippen molar-refractivity contribution in [2.75, 3.05) is 0 Å². The molecular weight excluding hydrogens is 350 g/mol. The van der Waals surface area contributed by atoms with Gasteiger partial charge in [-0.05, 0) is 17.7 Å². The second-order valence-corrected chi connectivity index (χ2v) is 6.41. The molecule has 4 rings (SSSR count). The van der Waals surface area contributed by atoms with E-state index in [9.17, 15) is 0 Å². The van der Waals surface area contributed by atoms with Crippen molar-refractivity contribution >= 4 is 16.7 Å². The maximum absolute atomic E-state index is 9.11. The van der Waals surface area contributed by atoms with E-state index in [0.717, 1.165) is 39.8 Å². The Labute approximate surface area is 162 Å². The summed E-state index contributed by atoms with van der Waals surface area (Å²) in [5.41, 5.74) is 15.9. The van der Waals surface area contributed by atoms with E-state index in [0.29, 0.717) is 5.69 Å². The molecule has 2 aromatic carbocycles. The summed E-state index contributed by atoms with van der Waals surface area (Å²) in [5, 5.41) is 13.0. The van der Waals surface area contributed by atoms with Crippen LogP contribution >= 0.6 is 0 Å². The minimum atomic E-state index is -0.0426. The Balaban J connectivity index is 2.02. The normalized spacial score (nSPS) is 11.7. The van der Waals surface area contributed by atoms with Crippen molar-refractivity contribution in [2.45, 2.75) is 6.54 Å². The number of pyridine rings is 2. The predicted molar refractivity (Wildman–Crippen MR) is 110 cm³/mol. The monoisotopic (exact) mass is 370 g/mol. The van der Waals surface area contributed by atoms with E-state index in [1.165, 1.54) is 5.56 Å². The number of quaternary nitrogens is 1. The number of aromatic nitrogens is 2. The lowest BCUT2D eigenvalue weighted by Crippen LogP contribution is -2.47. The zero-order valence-corrected chi connectivity index (χ0v) is 15.2. The van der Waals surface area contributed by atoms with Gasteiger partial charge in [-0.1, -0.05) is 59.8 Å². The first kappa shape index (κ1) is 17.6. The van der Waals surface area contributed by atoms with Gasteiger partial charge in [0, 0.05) is 28.3 Å². The first-order chi connectivity index (χ1) is 13.7. The van der Waals surface area contributed by atoms with Gasteiger partial charge in [0.05, 0.1) is 17.8 Å². The molecule has 0 aliphatic carbocycles. The van der Waals surface area contributed by atoms with E-state index in [1.807, 2.05) is 42.5 Å². The van der Waals surface area contributed by atoms with Crippen LogP contribution in [0.25, 0.3) is 33.3 Å². The summed E-state index contributed by atoms with van der Waals surface area (Å²) < 4.78 is 0. The lowest BCUT2D eigenvalue weighted by molar-refractivity contribution is -0.386. The summed E-state index contributed by atoms with van der Waals surface area (Å²) in [6.07, 6.45) is 1.61. The van der Waals surface area contributed by atoms with Crippen molar-refractivity contribution in [3.63, 3.8) is 0 Å². The lowest BCUT2D eigenvalue weighted by atomic mass is 9.96. The highest BCUT2D eigenvalue weighted by molar-refractivity contribution is 6.07. The summed E-state index contributed by atoms with van der Waals surface area (Å²) in [6, 6.07) is 22.1. The van der Waals surface area contributed by atoms with Crippen LogP contribution in [0.3, 0.4) is 0 Å². The number of amidine groups is 1. The van der Waals surface area contributed by atoms with Crippen LogP contribution in [0, 0.1) is 0 Å². The third-order valence-electron chi connectivity index (χ3n) is 4.69. The Morgan fingerprint density at radius 1 is 1.00 bits per heavy atom. The van der Waals surface area contributed by atoms with Crippen LogP contribution in [-0.2, 0) is 6.54 Å². The fourth-order valence-electron chi connectivity index (χ4n) is 3.23. The maximum Gasteiger partial charge on any atom is 0.189 e. The lowest BCUT2D eigenvalue weighted by Gasteiger charge is -2.13. The molecule has 0 saturated heterocycles. The van der Waals surface area contributed by atoms with Crippen LogP contribution in [0.4, 0.5) is 0 Å². The largest absolute Gasteiger partial charge is 0.409 e. The zero-order valence-electron chi connectivity index (χ0n) is 15.2. The van der Waals surface area contributed by atoms with Gasteiger partial charge in [-0.15, -0.1) is 0 Å². The van der Waals surface area contributed by atoms with Crippen molar-refractivity contribution in [3.8, 4) is 22.4 Å². The van der Waals surface area contributed by atoms with Gasteiger partial charge in [-0.3, -0.25) is 4.98 Å². The summed E-state index contributed by atoms with van der Waals surface area (Å²) in [7, 11) is 0. The fourth-order valence-corrected chi connectivity index (χ4v) is 3.23. The Kier molecular flexibility index (Phi) is 4.70. The van der Waals surface area contributed by atoms with Crippen molar-refractivity contribution in [1.82, 2.24) is 9.97 Å². The van der Waals surface area contributed by atoms with Gasteiger partial charge in [0.15, 0.2) is 5.84 Å². The number of oxime groups is 1. The Morgan fingerprint density at radius 3 is 2.43 bits per heavy atom. The minimum Gasteiger partial charge on any atom is -0.409 e. The molecule has 0 spiro atoms. The number of benzene rings is 2. The smallest absolute Gasteiger partial charge is 0.189 e. The van der Waals surface area contributed by atoms with E-state index < -0.39 is 0 Å². The standard InChI is InChI=1S/C22H19N5O/c23-13-14-6-8-16(9-7-14)20-17(15-4-2-1-3-5-15)12-18-19(26-20)10-11-25-21(18)22(24)27-28/h1-12,28H,13,23H2,(H2,24,27)/p+1. The average molecular weight is 370 g/mol. The molecule has 6 nitrogen and oxygen atoms in total. The molecule has 0 atom stereocenters. The van der Waals surface area contributed by atoms with Crippen molar-refractivity contribution in [3.05, 3.63) is 84.2 Å². The third kappa shape index (κ3) is 3.17. The molecule has 6 N–H and O–H groups in total. The number of fused-ring (bicyclic) bond motifs is 1. The zero-order chi connectivity index (χ0) is 19.5. The van der Waals surface area contributed by atoms with Gasteiger partial charge in [0.2, 0.25) is 0 Å². The molecule has 2 aromatic heterocycles. The highest BCUT2D eigenvalue weighted by Crippen LogP contribution is 2.34. The van der Waals surface area contributed by atoms with Gasteiger partial charge >= 0.3 is 0 Å². The summed E-state index contributed by atoms with van der Waals surface area (Å²) in [5.74, 6) is -0.0426. The Morgan fingerprint density at radius 2 is 1.75 bits per heavy atom. The van der Waals surface area contributed by atoms with E-state index in [4.69, 9.17) is 15.9 Å². The molecule has 0 aliphatic rings. The molecule has 0 saturated carbocycles.